The molecule has 0 aromatic carbocycles. The quantitative estimate of drug-likeness (QED) is 0.886. The van der Waals surface area contributed by atoms with Gasteiger partial charge in [0, 0.05) is 49.1 Å². The number of hydrogen-bond donors (Lipinski definition) is 2. The van der Waals surface area contributed by atoms with Crippen molar-refractivity contribution in [1.29, 1.82) is 0 Å². The molecule has 0 bridgehead atoms. The summed E-state index contributed by atoms with van der Waals surface area (Å²) in [6.45, 7) is 6.78. The molecule has 0 aliphatic carbocycles. The number of piperazine rings is 1. The Balaban J connectivity index is 1.65. The molecule has 0 atom stereocenters. The summed E-state index contributed by atoms with van der Waals surface area (Å²) in [6, 6.07) is 2.13. The Labute approximate surface area is 103 Å². The van der Waals surface area contributed by atoms with E-state index in [1.807, 2.05) is 0 Å². The standard InChI is InChI=1S/C10H16BrN3S/c11-9-7-10(15-8-9)13-3-6-14-4-1-12-2-5-14/h7-8,12-13H,1-6H2. The van der Waals surface area contributed by atoms with Gasteiger partial charge in [-0.1, -0.05) is 0 Å². The summed E-state index contributed by atoms with van der Waals surface area (Å²) >= 11 is 5.20. The molecule has 2 heterocycles. The van der Waals surface area contributed by atoms with E-state index in [1.54, 1.807) is 11.3 Å². The topological polar surface area (TPSA) is 27.3 Å². The fourth-order valence-electron chi connectivity index (χ4n) is 1.68. The molecule has 0 spiro atoms. The molecule has 1 aliphatic heterocycles. The van der Waals surface area contributed by atoms with E-state index in [-0.39, 0.29) is 0 Å². The van der Waals surface area contributed by atoms with Crippen molar-refractivity contribution in [2.45, 2.75) is 0 Å². The molecule has 84 valence electrons. The average Bonchev–Trinajstić information content (AvgIpc) is 2.66. The summed E-state index contributed by atoms with van der Waals surface area (Å²) in [7, 11) is 0. The predicted molar refractivity (Wildman–Crippen MR) is 69.8 cm³/mol. The largest absolute Gasteiger partial charge is 0.376 e. The Hall–Kier alpha value is -0.100. The van der Waals surface area contributed by atoms with Gasteiger partial charge in [-0.05, 0) is 22.0 Å². The summed E-state index contributed by atoms with van der Waals surface area (Å²) in [4.78, 5) is 2.49. The van der Waals surface area contributed by atoms with Crippen LogP contribution in [0.5, 0.6) is 0 Å². The van der Waals surface area contributed by atoms with Crippen LogP contribution in [0.1, 0.15) is 0 Å². The van der Waals surface area contributed by atoms with Crippen molar-refractivity contribution in [2.75, 3.05) is 44.6 Å². The van der Waals surface area contributed by atoms with E-state index in [1.165, 1.54) is 18.1 Å². The predicted octanol–water partition coefficient (Wildman–Crippen LogP) is 1.83. The molecule has 2 rings (SSSR count). The lowest BCUT2D eigenvalue weighted by molar-refractivity contribution is 0.249. The third-order valence-electron chi connectivity index (χ3n) is 2.50. The maximum atomic E-state index is 3.45. The smallest absolute Gasteiger partial charge is 0.0894 e. The molecule has 3 nitrogen and oxygen atoms in total. The first-order valence-corrected chi connectivity index (χ1v) is 6.93. The van der Waals surface area contributed by atoms with Crippen LogP contribution in [0.2, 0.25) is 0 Å². The molecule has 5 heteroatoms. The first kappa shape index (κ1) is 11.4. The highest BCUT2D eigenvalue weighted by Crippen LogP contribution is 2.23. The van der Waals surface area contributed by atoms with Crippen molar-refractivity contribution in [3.8, 4) is 0 Å². The molecule has 1 aliphatic rings. The van der Waals surface area contributed by atoms with E-state index in [4.69, 9.17) is 0 Å². The summed E-state index contributed by atoms with van der Waals surface area (Å²) in [5.74, 6) is 0. The molecule has 0 amide bonds. The Kier molecular flexibility index (Phi) is 4.43. The first-order valence-electron chi connectivity index (χ1n) is 5.25. The van der Waals surface area contributed by atoms with Gasteiger partial charge in [-0.15, -0.1) is 11.3 Å². The molecule has 2 N–H and O–H groups in total. The van der Waals surface area contributed by atoms with Crippen molar-refractivity contribution in [3.63, 3.8) is 0 Å². The second-order valence-corrected chi connectivity index (χ2v) is 5.47. The van der Waals surface area contributed by atoms with E-state index in [9.17, 15) is 0 Å². The molecule has 1 aromatic heterocycles. The van der Waals surface area contributed by atoms with E-state index in [2.05, 4.69) is 42.9 Å². The minimum absolute atomic E-state index is 1.03. The highest BCUT2D eigenvalue weighted by Gasteiger charge is 2.08. The van der Waals surface area contributed by atoms with Gasteiger partial charge in [0.1, 0.15) is 0 Å². The van der Waals surface area contributed by atoms with E-state index >= 15 is 0 Å². The van der Waals surface area contributed by atoms with Crippen molar-refractivity contribution in [1.82, 2.24) is 10.2 Å². The van der Waals surface area contributed by atoms with Gasteiger partial charge in [0.2, 0.25) is 0 Å². The summed E-state index contributed by atoms with van der Waals surface area (Å²) in [6.07, 6.45) is 0. The number of nitrogens with zero attached hydrogens (tertiary/aromatic N) is 1. The zero-order valence-electron chi connectivity index (χ0n) is 8.63. The maximum Gasteiger partial charge on any atom is 0.0894 e. The molecule has 1 saturated heterocycles. The van der Waals surface area contributed by atoms with Crippen molar-refractivity contribution < 1.29 is 0 Å². The van der Waals surface area contributed by atoms with Crippen LogP contribution in [0.25, 0.3) is 0 Å². The number of nitrogens with one attached hydrogen (secondary N) is 2. The minimum Gasteiger partial charge on any atom is -0.376 e. The van der Waals surface area contributed by atoms with Crippen molar-refractivity contribution in [3.05, 3.63) is 15.9 Å². The van der Waals surface area contributed by atoms with Crippen LogP contribution >= 0.6 is 27.3 Å². The monoisotopic (exact) mass is 289 g/mol. The molecule has 0 radical (unpaired) electrons. The zero-order valence-corrected chi connectivity index (χ0v) is 11.0. The molecule has 0 unspecified atom stereocenters. The Morgan fingerprint density at radius 2 is 2.27 bits per heavy atom. The highest BCUT2D eigenvalue weighted by atomic mass is 79.9. The van der Waals surface area contributed by atoms with Crippen molar-refractivity contribution in [2.24, 2.45) is 0 Å². The van der Waals surface area contributed by atoms with Gasteiger partial charge in [-0.25, -0.2) is 0 Å². The Morgan fingerprint density at radius 1 is 1.47 bits per heavy atom. The van der Waals surface area contributed by atoms with Crippen LogP contribution in [0.4, 0.5) is 5.00 Å². The summed E-state index contributed by atoms with van der Waals surface area (Å²) in [5, 5.41) is 10.2. The number of rotatable bonds is 4. The molecule has 0 saturated carbocycles. The van der Waals surface area contributed by atoms with E-state index < -0.39 is 0 Å². The fraction of sp³-hybridized carbons (Fsp3) is 0.600. The number of hydrogen-bond acceptors (Lipinski definition) is 4. The van der Waals surface area contributed by atoms with Gasteiger partial charge < -0.3 is 10.6 Å². The number of thiophene rings is 1. The third-order valence-corrected chi connectivity index (χ3v) is 4.15. The van der Waals surface area contributed by atoms with Gasteiger partial charge >= 0.3 is 0 Å². The van der Waals surface area contributed by atoms with Gasteiger partial charge in [-0.3, -0.25) is 4.90 Å². The second kappa shape index (κ2) is 5.84. The maximum absolute atomic E-state index is 3.45. The Morgan fingerprint density at radius 3 is 2.93 bits per heavy atom. The molecule has 1 aromatic rings. The van der Waals surface area contributed by atoms with Crippen LogP contribution in [0.3, 0.4) is 0 Å². The molecule has 1 fully saturated rings. The van der Waals surface area contributed by atoms with E-state index in [0.717, 1.165) is 30.7 Å². The van der Waals surface area contributed by atoms with E-state index in [0.29, 0.717) is 0 Å². The summed E-state index contributed by atoms with van der Waals surface area (Å²) in [5.41, 5.74) is 0. The molecular formula is C10H16BrN3S. The van der Waals surface area contributed by atoms with Crippen LogP contribution in [-0.2, 0) is 0 Å². The number of halogens is 1. The lowest BCUT2D eigenvalue weighted by Crippen LogP contribution is -2.45. The van der Waals surface area contributed by atoms with Crippen LogP contribution in [-0.4, -0.2) is 44.2 Å². The minimum atomic E-state index is 1.03. The highest BCUT2D eigenvalue weighted by molar-refractivity contribution is 9.10. The van der Waals surface area contributed by atoms with Crippen molar-refractivity contribution >= 4 is 32.3 Å². The molecule has 15 heavy (non-hydrogen) atoms. The molecular weight excluding hydrogens is 274 g/mol. The average molecular weight is 290 g/mol. The van der Waals surface area contributed by atoms with Gasteiger partial charge in [0.15, 0.2) is 0 Å². The summed E-state index contributed by atoms with van der Waals surface area (Å²) < 4.78 is 1.16. The van der Waals surface area contributed by atoms with Crippen LogP contribution in [0, 0.1) is 0 Å². The van der Waals surface area contributed by atoms with Crippen LogP contribution < -0.4 is 10.6 Å². The zero-order chi connectivity index (χ0) is 10.5. The lowest BCUT2D eigenvalue weighted by atomic mass is 10.3. The lowest BCUT2D eigenvalue weighted by Gasteiger charge is -2.27. The Bertz CT molecular complexity index is 297. The van der Waals surface area contributed by atoms with Gasteiger partial charge in [0.05, 0.1) is 5.00 Å². The first-order chi connectivity index (χ1) is 7.34. The van der Waals surface area contributed by atoms with Gasteiger partial charge in [0.25, 0.3) is 0 Å². The third kappa shape index (κ3) is 3.75. The number of anilines is 1. The van der Waals surface area contributed by atoms with Gasteiger partial charge in [-0.2, -0.15) is 0 Å². The normalized spacial score (nSPS) is 17.9. The fourth-order valence-corrected chi connectivity index (χ4v) is 3.03. The van der Waals surface area contributed by atoms with Crippen LogP contribution in [0.15, 0.2) is 15.9 Å². The SMILES string of the molecule is Brc1csc(NCCN2CCNCC2)c1. The second-order valence-electron chi connectivity index (χ2n) is 3.65.